The molecule has 650 valence electrons. The van der Waals surface area contributed by atoms with Crippen LogP contribution < -0.4 is 24.3 Å². The molecule has 5 amide bonds. The molecule has 0 aromatic heterocycles. The van der Waals surface area contributed by atoms with Crippen LogP contribution in [-0.4, -0.2) is 213 Å². The molecular formula is C97H129BrN6O16. The average Bonchev–Trinajstić information content (AvgIpc) is 0.913. The Bertz CT molecular complexity index is 4480. The van der Waals surface area contributed by atoms with Crippen molar-refractivity contribution in [3.05, 3.63) is 196 Å². The lowest BCUT2D eigenvalue weighted by Crippen LogP contribution is -2.50. The lowest BCUT2D eigenvalue weighted by atomic mass is 9.82. The molecule has 5 N–H and O–H groups in total. The van der Waals surface area contributed by atoms with Crippen LogP contribution in [0.15, 0.2) is 146 Å². The second-order valence-corrected chi connectivity index (χ2v) is 35.4. The topological polar surface area (TPSA) is 259 Å². The summed E-state index contributed by atoms with van der Waals surface area (Å²) in [6.45, 7) is 31.5. The van der Waals surface area contributed by atoms with E-state index >= 15 is 0 Å². The van der Waals surface area contributed by atoms with Crippen molar-refractivity contribution in [1.29, 1.82) is 0 Å². The summed E-state index contributed by atoms with van der Waals surface area (Å²) < 4.78 is 41.7. The van der Waals surface area contributed by atoms with E-state index in [1.165, 1.54) is 44.9 Å². The fourth-order valence-corrected chi connectivity index (χ4v) is 16.3. The number of nitrogens with zero attached hydrogens (tertiary/aromatic N) is 5. The fourth-order valence-electron chi connectivity index (χ4n) is 15.7. The second kappa shape index (κ2) is 42.4. The van der Waals surface area contributed by atoms with Crippen molar-refractivity contribution in [2.24, 2.45) is 5.92 Å². The number of carbonyl (C=O) groups is 5. The van der Waals surface area contributed by atoms with Crippen LogP contribution in [0.25, 0.3) is 16.7 Å². The zero-order chi connectivity index (χ0) is 86.5. The van der Waals surface area contributed by atoms with E-state index < -0.39 is 22.4 Å². The quantitative estimate of drug-likeness (QED) is 0.0446. The van der Waals surface area contributed by atoms with E-state index in [0.717, 1.165) is 93.9 Å². The number of hydrogen-bond acceptors (Lipinski definition) is 17. The molecule has 3 aliphatic carbocycles. The van der Waals surface area contributed by atoms with Crippen LogP contribution in [0.4, 0.5) is 9.59 Å². The van der Waals surface area contributed by atoms with Gasteiger partial charge in [-0.15, -0.1) is 0 Å². The van der Waals surface area contributed by atoms with Gasteiger partial charge in [-0.05, 0) is 265 Å². The monoisotopic (exact) mass is 1710 g/mol. The summed E-state index contributed by atoms with van der Waals surface area (Å²) in [5.74, 6) is 3.80. The van der Waals surface area contributed by atoms with Gasteiger partial charge in [-0.3, -0.25) is 14.4 Å². The lowest BCUT2D eigenvalue weighted by Gasteiger charge is -2.43. The first-order valence-corrected chi connectivity index (χ1v) is 44.3. The third-order valence-corrected chi connectivity index (χ3v) is 24.0. The van der Waals surface area contributed by atoms with Gasteiger partial charge in [0.2, 0.25) is 0 Å². The number of aliphatic hydroxyl groups excluding tert-OH is 2. The molecule has 0 bridgehead atoms. The van der Waals surface area contributed by atoms with E-state index in [9.17, 15) is 34.2 Å². The van der Waals surface area contributed by atoms with Crippen molar-refractivity contribution in [2.45, 2.75) is 218 Å². The Hall–Kier alpha value is -9.39. The Morgan fingerprint density at radius 3 is 1.09 bits per heavy atom. The molecule has 3 saturated carbocycles. The first kappa shape index (κ1) is 92.9. The number of ether oxygens (including phenoxy) is 7. The number of aromatic hydroxyl groups is 2. The molecule has 3 spiro atoms. The van der Waals surface area contributed by atoms with Crippen LogP contribution in [0.5, 0.6) is 34.5 Å². The molecule has 23 heteroatoms. The third-order valence-electron chi connectivity index (χ3n) is 23.1. The van der Waals surface area contributed by atoms with Crippen molar-refractivity contribution in [2.75, 3.05) is 99.0 Å². The highest BCUT2D eigenvalue weighted by molar-refractivity contribution is 9.09. The first-order chi connectivity index (χ1) is 57.4. The molecule has 0 atom stereocenters. The predicted octanol–water partition coefficient (Wildman–Crippen LogP) is 18.3. The summed E-state index contributed by atoms with van der Waals surface area (Å²) >= 11 is 3.46. The number of halogens is 1. The summed E-state index contributed by atoms with van der Waals surface area (Å²) in [6.07, 6.45) is 21.3. The van der Waals surface area contributed by atoms with Gasteiger partial charge < -0.3 is 83.4 Å². The van der Waals surface area contributed by atoms with Crippen molar-refractivity contribution in [1.82, 2.24) is 29.8 Å². The number of nitrogens with one attached hydrogen (secondary N) is 1. The van der Waals surface area contributed by atoms with Crippen LogP contribution in [-0.2, 0) is 14.2 Å². The SMILES string of the molecule is BrC1CCC1.CCN(CC)C(=O)c1ccc(C2=CC3(CCN(C(=O)OC(C)(C)C)CC3)Oc3cccc(O)c32)cc1.CCN(CC)C(=O)c1ccc(C2=CC3(CCN(C(=O)OC(C)(C)C)CC3)Oc3cccc(OCOC)c32)cc1.CCN(CC)C(=O)c1ccc(C2=CC3(CCNCC3)Oc3cccc(O)c32)cc1.OC1CCCC1.OCC1CC1. The number of phenolic OH excluding ortho intramolecular Hbond substituents is 2. The number of fused-ring (bicyclic) bond motifs is 3. The minimum atomic E-state index is -0.607. The Morgan fingerprint density at radius 1 is 0.475 bits per heavy atom. The highest BCUT2D eigenvalue weighted by Crippen LogP contribution is 2.51. The molecule has 6 heterocycles. The molecule has 0 unspecified atom stereocenters. The number of alkyl halides is 1. The van der Waals surface area contributed by atoms with Crippen molar-refractivity contribution in [3.63, 3.8) is 0 Å². The van der Waals surface area contributed by atoms with Gasteiger partial charge in [0, 0.05) is 139 Å². The minimum Gasteiger partial charge on any atom is -0.507 e. The number of benzene rings is 6. The van der Waals surface area contributed by atoms with Crippen molar-refractivity contribution < 1.29 is 77.6 Å². The normalized spacial score (nSPS) is 17.7. The van der Waals surface area contributed by atoms with Gasteiger partial charge in [-0.1, -0.05) is 89.8 Å². The molecule has 6 aliphatic heterocycles. The number of amides is 5. The van der Waals surface area contributed by atoms with E-state index in [1.54, 1.807) is 40.0 Å². The van der Waals surface area contributed by atoms with Gasteiger partial charge in [-0.25, -0.2) is 9.59 Å². The van der Waals surface area contributed by atoms with E-state index in [0.29, 0.717) is 143 Å². The van der Waals surface area contributed by atoms with Gasteiger partial charge in [0.1, 0.15) is 62.5 Å². The van der Waals surface area contributed by atoms with E-state index in [2.05, 4.69) is 39.5 Å². The third kappa shape index (κ3) is 24.5. The highest BCUT2D eigenvalue weighted by atomic mass is 79.9. The molecule has 15 rings (SSSR count). The van der Waals surface area contributed by atoms with Crippen molar-refractivity contribution in [3.8, 4) is 34.5 Å². The van der Waals surface area contributed by atoms with Crippen LogP contribution in [0.2, 0.25) is 0 Å². The zero-order valence-electron chi connectivity index (χ0n) is 72.9. The molecule has 120 heavy (non-hydrogen) atoms. The Kier molecular flexibility index (Phi) is 32.8. The Labute approximate surface area is 719 Å². The van der Waals surface area contributed by atoms with Crippen LogP contribution in [0.1, 0.15) is 244 Å². The van der Waals surface area contributed by atoms with Gasteiger partial charge in [-0.2, -0.15) is 0 Å². The lowest BCUT2D eigenvalue weighted by molar-refractivity contribution is -0.00250. The maximum atomic E-state index is 12.9. The minimum absolute atomic E-state index is 0.00161. The number of aliphatic hydroxyl groups is 2. The number of piperidine rings is 3. The molecular weight excluding hydrogens is 1580 g/mol. The summed E-state index contributed by atoms with van der Waals surface area (Å²) in [4.78, 5) is 73.3. The summed E-state index contributed by atoms with van der Waals surface area (Å²) in [5, 5.41) is 41.6. The average molecular weight is 1720 g/mol. The Balaban J connectivity index is 0.000000173. The van der Waals surface area contributed by atoms with E-state index in [-0.39, 0.29) is 59.9 Å². The molecule has 22 nitrogen and oxygen atoms in total. The molecule has 6 aromatic rings. The maximum absolute atomic E-state index is 12.9. The number of hydrogen-bond donors (Lipinski definition) is 5. The number of phenols is 2. The zero-order valence-corrected chi connectivity index (χ0v) is 74.5. The number of likely N-dealkylation sites (tertiary alicyclic amines) is 2. The Morgan fingerprint density at radius 2 is 0.808 bits per heavy atom. The molecule has 9 aliphatic rings. The summed E-state index contributed by atoms with van der Waals surface area (Å²) in [5.41, 5.74) is 7.15. The molecule has 0 radical (unpaired) electrons. The van der Waals surface area contributed by atoms with Gasteiger partial charge in [0.05, 0.1) is 22.8 Å². The molecule has 6 fully saturated rings. The molecule has 3 saturated heterocycles. The van der Waals surface area contributed by atoms with Crippen LogP contribution >= 0.6 is 15.9 Å². The second-order valence-electron chi connectivity index (χ2n) is 34.1. The van der Waals surface area contributed by atoms with Gasteiger partial charge >= 0.3 is 12.2 Å². The maximum Gasteiger partial charge on any atom is 0.410 e. The number of rotatable bonds is 16. The van der Waals surface area contributed by atoms with Gasteiger partial charge in [0.25, 0.3) is 17.7 Å². The highest BCUT2D eigenvalue weighted by Gasteiger charge is 2.45. The summed E-state index contributed by atoms with van der Waals surface area (Å²) in [6, 6.07) is 39.4. The van der Waals surface area contributed by atoms with Crippen LogP contribution in [0, 0.1) is 5.92 Å². The fraction of sp³-hybridized carbons (Fsp3) is 0.515. The smallest absolute Gasteiger partial charge is 0.410 e. The number of methoxy groups -OCH3 is 1. The van der Waals surface area contributed by atoms with Gasteiger partial charge in [0.15, 0.2) is 6.79 Å². The van der Waals surface area contributed by atoms with Crippen molar-refractivity contribution >= 4 is 62.6 Å². The largest absolute Gasteiger partial charge is 0.507 e. The van der Waals surface area contributed by atoms with E-state index in [4.69, 9.17) is 43.4 Å². The standard InChI is InChI=1S/C31H40N2O6.C29H36N2O5.C24H28N2O3.C5H10O.C4H7Br.C4H8O/c1-7-32(8-2)28(34)23-14-12-22(13-15-23)24-20-31(16-18-33(19-17-31)29(35)39-30(3,4)5)38-26-11-9-10-25(27(24)26)37-21-36-6;1-6-30(7-2)26(33)21-13-11-20(12-14-21)22-19-29(35-24-10-8-9-23(32)25(22)24)15-17-31(18-16-29)27(34)36-28(3,4)5;1-3-26(4-2)23(28)18-10-8-17(9-11-18)19-16-24(12-14-25-15-13-24)29-21-7-5-6-20(27)22(19)21;6-5-3-1-2-4-5;5-4-2-1-3-4;5-3-4-1-2-4/h9-15,20H,7-8,16-19,21H2,1-6H3;8-14,19,32H,6-7,15-18H2,1-5H3;5-11,16,25,27H,3-4,12-15H2,1-2H3;5-6H,1-4H2;4H,1-3H2;4-5H,1-3H2. The number of carbonyl (C=O) groups excluding carboxylic acids is 5. The predicted molar refractivity (Wildman–Crippen MR) is 475 cm³/mol. The molecule has 6 aromatic carbocycles. The summed E-state index contributed by atoms with van der Waals surface area (Å²) in [7, 11) is 1.59. The first-order valence-electron chi connectivity index (χ1n) is 43.4. The van der Waals surface area contributed by atoms with E-state index in [1.807, 2.05) is 202 Å². The van der Waals surface area contributed by atoms with Crippen LogP contribution in [0.3, 0.4) is 0 Å².